The van der Waals surface area contributed by atoms with Crippen molar-refractivity contribution in [3.8, 4) is 0 Å². The van der Waals surface area contributed by atoms with E-state index >= 15 is 0 Å². The number of guanidine groups is 1. The first-order valence-electron chi connectivity index (χ1n) is 7.21. The molecule has 0 unspecified atom stereocenters. The van der Waals surface area contributed by atoms with Crippen molar-refractivity contribution in [2.75, 3.05) is 6.54 Å². The topological polar surface area (TPSA) is 53.9 Å². The zero-order valence-corrected chi connectivity index (χ0v) is 13.1. The zero-order chi connectivity index (χ0) is 15.5. The van der Waals surface area contributed by atoms with Gasteiger partial charge in [0.05, 0.1) is 12.1 Å². The Kier molecular flexibility index (Phi) is 4.50. The molecule has 1 aliphatic rings. The van der Waals surface area contributed by atoms with Gasteiger partial charge in [0, 0.05) is 6.04 Å². The lowest BCUT2D eigenvalue weighted by Gasteiger charge is -2.17. The molecule has 0 spiro atoms. The van der Waals surface area contributed by atoms with Gasteiger partial charge in [0.15, 0.2) is 0 Å². The molecule has 2 rings (SSSR count). The van der Waals surface area contributed by atoms with Crippen LogP contribution in [-0.4, -0.2) is 35.1 Å². The summed E-state index contributed by atoms with van der Waals surface area (Å²) in [6, 6.07) is 9.77. The molecule has 1 amide bonds. The molecule has 1 saturated heterocycles. The second kappa shape index (κ2) is 6.16. The van der Waals surface area contributed by atoms with E-state index in [2.05, 4.69) is 10.3 Å². The molecule has 0 radical (unpaired) electrons. The Hall–Kier alpha value is -2.04. The number of carbonyl (C=O) groups excluding carboxylic acids is 1. The number of hydrogen-bond donors (Lipinski definition) is 1. The summed E-state index contributed by atoms with van der Waals surface area (Å²) < 4.78 is 5.38. The minimum atomic E-state index is -0.365. The number of rotatable bonds is 3. The number of carbonyl (C=O) groups is 1. The molecule has 0 saturated carbocycles. The molecule has 1 fully saturated rings. The van der Waals surface area contributed by atoms with E-state index in [1.807, 2.05) is 58.0 Å². The number of nitrogens with zero attached hydrogens (tertiary/aromatic N) is 2. The lowest BCUT2D eigenvalue weighted by atomic mass is 10.1. The molecular formula is C16H23N3O2. The molecule has 21 heavy (non-hydrogen) atoms. The first-order valence-corrected chi connectivity index (χ1v) is 7.21. The Morgan fingerprint density at radius 1 is 1.38 bits per heavy atom. The van der Waals surface area contributed by atoms with Crippen LogP contribution in [0.4, 0.5) is 4.79 Å². The molecular weight excluding hydrogens is 266 g/mol. The summed E-state index contributed by atoms with van der Waals surface area (Å²) >= 11 is 0. The minimum absolute atomic E-state index is 0.117. The van der Waals surface area contributed by atoms with Crippen LogP contribution in [-0.2, 0) is 11.3 Å². The first kappa shape index (κ1) is 15.4. The second-order valence-corrected chi connectivity index (χ2v) is 6.18. The Morgan fingerprint density at radius 2 is 2.05 bits per heavy atom. The van der Waals surface area contributed by atoms with Crippen molar-refractivity contribution in [2.45, 2.75) is 45.9 Å². The van der Waals surface area contributed by atoms with Crippen molar-refractivity contribution in [1.82, 2.24) is 10.2 Å². The van der Waals surface area contributed by atoms with Gasteiger partial charge in [-0.25, -0.2) is 14.7 Å². The molecule has 0 atom stereocenters. The Bertz CT molecular complexity index is 524. The summed E-state index contributed by atoms with van der Waals surface area (Å²) in [4.78, 5) is 18.3. The lowest BCUT2D eigenvalue weighted by molar-refractivity contribution is 0.116. The highest BCUT2D eigenvalue weighted by Gasteiger charge is 2.37. The Balaban J connectivity index is 2.03. The van der Waals surface area contributed by atoms with Crippen molar-refractivity contribution in [1.29, 1.82) is 0 Å². The van der Waals surface area contributed by atoms with Gasteiger partial charge in [0.1, 0.15) is 6.61 Å². The van der Waals surface area contributed by atoms with Crippen LogP contribution in [0, 0.1) is 0 Å². The number of hydrogen-bond acceptors (Lipinski definition) is 3. The predicted molar refractivity (Wildman–Crippen MR) is 83.1 cm³/mol. The molecule has 0 aliphatic carbocycles. The summed E-state index contributed by atoms with van der Waals surface area (Å²) in [6.07, 6.45) is -0.365. The first-order chi connectivity index (χ1) is 9.87. The third-order valence-corrected chi connectivity index (χ3v) is 3.07. The van der Waals surface area contributed by atoms with E-state index in [9.17, 15) is 4.79 Å². The van der Waals surface area contributed by atoms with Crippen LogP contribution >= 0.6 is 0 Å². The fraction of sp³-hybridized carbons (Fsp3) is 0.500. The number of aliphatic imine (C=N–C) groups is 1. The second-order valence-electron chi connectivity index (χ2n) is 6.18. The zero-order valence-electron chi connectivity index (χ0n) is 13.1. The summed E-state index contributed by atoms with van der Waals surface area (Å²) in [6.45, 7) is 8.85. The Morgan fingerprint density at radius 3 is 2.67 bits per heavy atom. The summed E-state index contributed by atoms with van der Waals surface area (Å²) in [5.41, 5.74) is 0.777. The molecule has 114 valence electrons. The monoisotopic (exact) mass is 289 g/mol. The average molecular weight is 289 g/mol. The fourth-order valence-electron chi connectivity index (χ4n) is 2.17. The largest absolute Gasteiger partial charge is 0.444 e. The Labute approximate surface area is 126 Å². The third kappa shape index (κ3) is 4.21. The van der Waals surface area contributed by atoms with Gasteiger partial charge >= 0.3 is 6.09 Å². The van der Waals surface area contributed by atoms with E-state index < -0.39 is 0 Å². The number of nitrogens with one attached hydrogen (secondary N) is 1. The minimum Gasteiger partial charge on any atom is -0.444 e. The molecule has 0 aromatic heterocycles. The van der Waals surface area contributed by atoms with E-state index in [1.54, 1.807) is 4.90 Å². The summed E-state index contributed by atoms with van der Waals surface area (Å²) in [5, 5.41) is 3.27. The van der Waals surface area contributed by atoms with Gasteiger partial charge in [-0.15, -0.1) is 0 Å². The van der Waals surface area contributed by atoms with Crippen LogP contribution in [0.25, 0.3) is 0 Å². The van der Waals surface area contributed by atoms with Crippen LogP contribution < -0.4 is 5.32 Å². The van der Waals surface area contributed by atoms with Gasteiger partial charge in [-0.05, 0) is 33.3 Å². The number of ether oxygens (including phenoxy) is 1. The maximum atomic E-state index is 12.3. The normalized spacial score (nSPS) is 18.9. The van der Waals surface area contributed by atoms with Gasteiger partial charge in [-0.2, -0.15) is 0 Å². The highest BCUT2D eigenvalue weighted by Crippen LogP contribution is 2.17. The molecule has 1 aromatic rings. The SMILES string of the molecule is CC(C)N=C1NC(C)(C)CN1C(=O)OCc1ccccc1. The van der Waals surface area contributed by atoms with Crippen LogP contribution in [0.3, 0.4) is 0 Å². The molecule has 1 heterocycles. The van der Waals surface area contributed by atoms with Gasteiger partial charge in [0.2, 0.25) is 5.96 Å². The van der Waals surface area contributed by atoms with E-state index in [0.29, 0.717) is 12.5 Å². The summed E-state index contributed by atoms with van der Waals surface area (Å²) in [5.74, 6) is 0.591. The lowest BCUT2D eigenvalue weighted by Crippen LogP contribution is -2.37. The molecule has 5 nitrogen and oxygen atoms in total. The van der Waals surface area contributed by atoms with Gasteiger partial charge in [0.25, 0.3) is 0 Å². The van der Waals surface area contributed by atoms with Gasteiger partial charge in [-0.3, -0.25) is 0 Å². The van der Waals surface area contributed by atoms with Crippen molar-refractivity contribution >= 4 is 12.1 Å². The van der Waals surface area contributed by atoms with E-state index in [0.717, 1.165) is 5.56 Å². The molecule has 5 heteroatoms. The predicted octanol–water partition coefficient (Wildman–Crippen LogP) is 2.77. The molecule has 1 aromatic carbocycles. The number of benzene rings is 1. The highest BCUT2D eigenvalue weighted by molar-refractivity contribution is 5.96. The van der Waals surface area contributed by atoms with Crippen LogP contribution in [0.15, 0.2) is 35.3 Å². The van der Waals surface area contributed by atoms with Gasteiger partial charge < -0.3 is 10.1 Å². The molecule has 1 N–H and O–H groups in total. The fourth-order valence-corrected chi connectivity index (χ4v) is 2.17. The summed E-state index contributed by atoms with van der Waals surface area (Å²) in [7, 11) is 0. The molecule has 1 aliphatic heterocycles. The quantitative estimate of drug-likeness (QED) is 0.931. The van der Waals surface area contributed by atoms with Crippen molar-refractivity contribution in [2.24, 2.45) is 4.99 Å². The number of amides is 1. The van der Waals surface area contributed by atoms with Crippen LogP contribution in [0.5, 0.6) is 0 Å². The van der Waals surface area contributed by atoms with Gasteiger partial charge in [-0.1, -0.05) is 30.3 Å². The maximum absolute atomic E-state index is 12.3. The van der Waals surface area contributed by atoms with E-state index in [1.165, 1.54) is 0 Å². The maximum Gasteiger partial charge on any atom is 0.417 e. The van der Waals surface area contributed by atoms with Crippen molar-refractivity contribution in [3.05, 3.63) is 35.9 Å². The molecule has 0 bridgehead atoms. The average Bonchev–Trinajstić information content (AvgIpc) is 2.71. The van der Waals surface area contributed by atoms with Crippen molar-refractivity contribution < 1.29 is 9.53 Å². The van der Waals surface area contributed by atoms with E-state index in [-0.39, 0.29) is 24.3 Å². The highest BCUT2D eigenvalue weighted by atomic mass is 16.6. The van der Waals surface area contributed by atoms with Crippen LogP contribution in [0.1, 0.15) is 33.3 Å². The van der Waals surface area contributed by atoms with E-state index in [4.69, 9.17) is 4.74 Å². The smallest absolute Gasteiger partial charge is 0.417 e. The van der Waals surface area contributed by atoms with Crippen molar-refractivity contribution in [3.63, 3.8) is 0 Å². The third-order valence-electron chi connectivity index (χ3n) is 3.07. The standard InChI is InChI=1S/C16H23N3O2/c1-12(2)17-14-18-16(3,4)11-19(14)15(20)21-10-13-8-6-5-7-9-13/h5-9,12H,10-11H2,1-4H3,(H,17,18). The van der Waals surface area contributed by atoms with Crippen LogP contribution in [0.2, 0.25) is 0 Å².